The topological polar surface area (TPSA) is 21.3 Å². The minimum absolute atomic E-state index is 0.179. The van der Waals surface area contributed by atoms with Crippen molar-refractivity contribution >= 4 is 0 Å². The summed E-state index contributed by atoms with van der Waals surface area (Å²) in [7, 11) is 1.97. The van der Waals surface area contributed by atoms with Crippen LogP contribution in [0.2, 0.25) is 0 Å². The van der Waals surface area contributed by atoms with Gasteiger partial charge >= 0.3 is 0 Å². The zero-order chi connectivity index (χ0) is 12.3. The lowest BCUT2D eigenvalue weighted by Crippen LogP contribution is -2.07. The summed E-state index contributed by atoms with van der Waals surface area (Å²) < 4.78 is 18.7. The van der Waals surface area contributed by atoms with Gasteiger partial charge in [0.15, 0.2) is 0 Å². The Morgan fingerprint density at radius 3 is 2.65 bits per heavy atom. The predicted molar refractivity (Wildman–Crippen MR) is 68.5 cm³/mol. The first-order chi connectivity index (χ1) is 8.34. The number of ether oxygens (including phenoxy) is 1. The normalized spacial score (nSPS) is 10.7. The molecule has 1 N–H and O–H groups in total. The molecule has 0 aliphatic carbocycles. The van der Waals surface area contributed by atoms with E-state index in [1.54, 1.807) is 12.1 Å². The molecule has 2 nitrogen and oxygen atoms in total. The summed E-state index contributed by atoms with van der Waals surface area (Å²) in [6.07, 6.45) is 4.67. The molecule has 0 saturated heterocycles. The standard InChI is InChI=1S/C14H22FNO/c1-16-10-6-2-3-7-11-17-12-13-8-4-5-9-14(13)15/h4-5,8-9,16H,2-3,6-7,10-12H2,1H3. The number of hydrogen-bond donors (Lipinski definition) is 1. The molecule has 1 aromatic rings. The molecule has 1 rings (SSSR count). The van der Waals surface area contributed by atoms with Crippen molar-refractivity contribution in [2.24, 2.45) is 0 Å². The Hall–Kier alpha value is -0.930. The highest BCUT2D eigenvalue weighted by molar-refractivity contribution is 5.16. The van der Waals surface area contributed by atoms with Gasteiger partial charge in [-0.2, -0.15) is 0 Å². The molecule has 3 heteroatoms. The van der Waals surface area contributed by atoms with Crippen LogP contribution in [0.4, 0.5) is 4.39 Å². The Balaban J connectivity index is 1.99. The zero-order valence-corrected chi connectivity index (χ0v) is 10.5. The van der Waals surface area contributed by atoms with Gasteiger partial charge in [-0.05, 0) is 32.5 Å². The first kappa shape index (κ1) is 14.1. The van der Waals surface area contributed by atoms with Gasteiger partial charge in [-0.25, -0.2) is 4.39 Å². The van der Waals surface area contributed by atoms with Gasteiger partial charge in [0.05, 0.1) is 6.61 Å². The van der Waals surface area contributed by atoms with E-state index in [-0.39, 0.29) is 5.82 Å². The van der Waals surface area contributed by atoms with Crippen molar-refractivity contribution in [1.82, 2.24) is 5.32 Å². The molecule has 17 heavy (non-hydrogen) atoms. The second kappa shape index (κ2) is 9.14. The van der Waals surface area contributed by atoms with Gasteiger partial charge in [-0.3, -0.25) is 0 Å². The summed E-state index contributed by atoms with van der Waals surface area (Å²) in [5.41, 5.74) is 0.641. The Morgan fingerprint density at radius 2 is 1.88 bits per heavy atom. The summed E-state index contributed by atoms with van der Waals surface area (Å²) in [4.78, 5) is 0. The predicted octanol–water partition coefficient (Wildman–Crippen LogP) is 3.12. The Bertz CT molecular complexity index is 304. The van der Waals surface area contributed by atoms with Crippen LogP contribution in [-0.4, -0.2) is 20.2 Å². The molecule has 0 heterocycles. The Morgan fingerprint density at radius 1 is 1.12 bits per heavy atom. The van der Waals surface area contributed by atoms with Crippen molar-refractivity contribution in [3.8, 4) is 0 Å². The zero-order valence-electron chi connectivity index (χ0n) is 10.5. The average molecular weight is 239 g/mol. The van der Waals surface area contributed by atoms with Crippen LogP contribution < -0.4 is 5.32 Å². The monoisotopic (exact) mass is 239 g/mol. The number of rotatable bonds is 9. The number of halogens is 1. The summed E-state index contributed by atoms with van der Waals surface area (Å²) in [5, 5.41) is 3.12. The number of unbranched alkanes of at least 4 members (excludes halogenated alkanes) is 3. The summed E-state index contributed by atoms with van der Waals surface area (Å²) in [5.74, 6) is -0.179. The molecule has 0 fully saturated rings. The third-order valence-corrected chi connectivity index (χ3v) is 2.68. The van der Waals surface area contributed by atoms with Crippen LogP contribution >= 0.6 is 0 Å². The fourth-order valence-electron chi connectivity index (χ4n) is 1.66. The quantitative estimate of drug-likeness (QED) is 0.668. The van der Waals surface area contributed by atoms with Crippen LogP contribution in [0.15, 0.2) is 24.3 Å². The van der Waals surface area contributed by atoms with E-state index in [9.17, 15) is 4.39 Å². The molecule has 0 aliphatic rings. The maximum absolute atomic E-state index is 13.2. The van der Waals surface area contributed by atoms with E-state index in [4.69, 9.17) is 4.74 Å². The molecule has 0 bridgehead atoms. The smallest absolute Gasteiger partial charge is 0.128 e. The maximum atomic E-state index is 13.2. The number of hydrogen-bond acceptors (Lipinski definition) is 2. The highest BCUT2D eigenvalue weighted by Crippen LogP contribution is 2.08. The van der Waals surface area contributed by atoms with Crippen LogP contribution in [0, 0.1) is 5.82 Å². The van der Waals surface area contributed by atoms with Gasteiger partial charge in [-0.1, -0.05) is 31.0 Å². The third-order valence-electron chi connectivity index (χ3n) is 2.68. The fourth-order valence-corrected chi connectivity index (χ4v) is 1.66. The molecule has 0 unspecified atom stereocenters. The lowest BCUT2D eigenvalue weighted by molar-refractivity contribution is 0.114. The fraction of sp³-hybridized carbons (Fsp3) is 0.571. The van der Waals surface area contributed by atoms with Gasteiger partial charge in [0.25, 0.3) is 0 Å². The average Bonchev–Trinajstić information content (AvgIpc) is 2.35. The highest BCUT2D eigenvalue weighted by Gasteiger charge is 1.99. The first-order valence-electron chi connectivity index (χ1n) is 6.30. The molecule has 0 saturated carbocycles. The van der Waals surface area contributed by atoms with Crippen LogP contribution in [0.3, 0.4) is 0 Å². The van der Waals surface area contributed by atoms with Crippen molar-refractivity contribution in [2.45, 2.75) is 32.3 Å². The SMILES string of the molecule is CNCCCCCCOCc1ccccc1F. The molecular formula is C14H22FNO. The van der Waals surface area contributed by atoms with Gasteiger partial charge in [0.1, 0.15) is 5.82 Å². The number of nitrogens with one attached hydrogen (secondary N) is 1. The van der Waals surface area contributed by atoms with Gasteiger partial charge in [0.2, 0.25) is 0 Å². The Kier molecular flexibility index (Phi) is 7.60. The van der Waals surface area contributed by atoms with Gasteiger partial charge in [0, 0.05) is 12.2 Å². The molecular weight excluding hydrogens is 217 g/mol. The second-order valence-electron chi connectivity index (χ2n) is 4.16. The molecule has 0 atom stereocenters. The van der Waals surface area contributed by atoms with Crippen LogP contribution in [0.1, 0.15) is 31.2 Å². The number of benzene rings is 1. The van der Waals surface area contributed by atoms with Gasteiger partial charge in [-0.15, -0.1) is 0 Å². The van der Waals surface area contributed by atoms with E-state index in [0.29, 0.717) is 18.8 Å². The minimum atomic E-state index is -0.179. The van der Waals surface area contributed by atoms with Crippen molar-refractivity contribution in [3.05, 3.63) is 35.6 Å². The van der Waals surface area contributed by atoms with Crippen molar-refractivity contribution in [3.63, 3.8) is 0 Å². The second-order valence-corrected chi connectivity index (χ2v) is 4.16. The third kappa shape index (κ3) is 6.39. The van der Waals surface area contributed by atoms with Gasteiger partial charge < -0.3 is 10.1 Å². The maximum Gasteiger partial charge on any atom is 0.128 e. The minimum Gasteiger partial charge on any atom is -0.377 e. The lowest BCUT2D eigenvalue weighted by Gasteiger charge is -2.05. The van der Waals surface area contributed by atoms with E-state index in [0.717, 1.165) is 13.0 Å². The molecule has 1 aromatic carbocycles. The molecule has 0 radical (unpaired) electrons. The van der Waals surface area contributed by atoms with E-state index in [2.05, 4.69) is 5.32 Å². The van der Waals surface area contributed by atoms with Crippen molar-refractivity contribution < 1.29 is 9.13 Å². The van der Waals surface area contributed by atoms with Crippen LogP contribution in [0.5, 0.6) is 0 Å². The van der Waals surface area contributed by atoms with Crippen LogP contribution in [-0.2, 0) is 11.3 Å². The van der Waals surface area contributed by atoms with E-state index in [1.807, 2.05) is 13.1 Å². The van der Waals surface area contributed by atoms with Crippen molar-refractivity contribution in [2.75, 3.05) is 20.2 Å². The Labute approximate surface area is 103 Å². The molecule has 0 spiro atoms. The lowest BCUT2D eigenvalue weighted by atomic mass is 10.2. The van der Waals surface area contributed by atoms with E-state index in [1.165, 1.54) is 25.3 Å². The summed E-state index contributed by atoms with van der Waals surface area (Å²) >= 11 is 0. The molecule has 0 aliphatic heterocycles. The summed E-state index contributed by atoms with van der Waals surface area (Å²) in [6.45, 7) is 2.17. The van der Waals surface area contributed by atoms with Crippen molar-refractivity contribution in [1.29, 1.82) is 0 Å². The molecule has 0 aromatic heterocycles. The summed E-state index contributed by atoms with van der Waals surface area (Å²) in [6, 6.07) is 6.76. The molecule has 96 valence electrons. The highest BCUT2D eigenvalue weighted by atomic mass is 19.1. The van der Waals surface area contributed by atoms with Crippen LogP contribution in [0.25, 0.3) is 0 Å². The van der Waals surface area contributed by atoms with E-state index >= 15 is 0 Å². The largest absolute Gasteiger partial charge is 0.377 e. The molecule has 0 amide bonds. The van der Waals surface area contributed by atoms with E-state index < -0.39 is 0 Å². The first-order valence-corrected chi connectivity index (χ1v) is 6.30.